The second kappa shape index (κ2) is 31.0. The van der Waals surface area contributed by atoms with Gasteiger partial charge in [-0.25, -0.2) is 0 Å². The molecule has 138 heavy (non-hydrogen) atoms. The minimum absolute atomic E-state index is 0.178. The molecule has 0 bridgehead atoms. The van der Waals surface area contributed by atoms with Crippen LogP contribution in [0.3, 0.4) is 0 Å². The maximum Gasteiger partial charge on any atom is 0.135 e. The lowest BCUT2D eigenvalue weighted by atomic mass is 9.80. The Bertz CT molecular complexity index is 11000. The minimum Gasteiger partial charge on any atom is -0.456 e. The molecule has 0 saturated carbocycles. The van der Waals surface area contributed by atoms with Crippen LogP contribution in [-0.2, 0) is 16.2 Å². The summed E-state index contributed by atoms with van der Waals surface area (Å²) >= 11 is 0. The van der Waals surface area contributed by atoms with Gasteiger partial charge >= 0.3 is 0 Å². The van der Waals surface area contributed by atoms with Crippen molar-refractivity contribution >= 4 is 130 Å². The van der Waals surface area contributed by atoms with E-state index in [1.165, 1.54) is 50.1 Å². The first-order chi connectivity index (χ1) is 77.7. The number of benzene rings is 23. The molecule has 3 aliphatic rings. The fourth-order valence-corrected chi connectivity index (χ4v) is 22.6. The summed E-state index contributed by atoms with van der Waals surface area (Å²) in [6.07, 6.45) is 0. The van der Waals surface area contributed by atoms with E-state index in [9.17, 15) is 16.4 Å². The molecule has 0 amide bonds. The zero-order chi connectivity index (χ0) is 113. The molecule has 29 rings (SSSR count). The predicted octanol–water partition coefficient (Wildman–Crippen LogP) is 37.9. The Morgan fingerprint density at radius 1 is 0.152 bits per heavy atom. The van der Waals surface area contributed by atoms with Gasteiger partial charge in [0, 0.05) is 48.6 Å². The fourth-order valence-electron chi connectivity index (χ4n) is 22.6. The SMILES string of the molecule is [2H]c1c([2H])c([2H])c2c(-c3ccc4oc5ccccc5c4c3)c3c([2H])c([2H])c([2H])c([2H])c3c(-c3ccc(-c4ccc5c(c4)C(C)(C)c4ccccc4-5)cc3)c2c1[2H].[2H]c1c([2H])c([2H])c2c(-c3ccc4oc5ccccc5c4c3)c3c([2H])c([2H])c([2H])c([2H])c3c(-c3ccc4c(c3)C(C)(C)c3ccccc3-4)c2c1[2H].[2H]c1c([2H])c([2H])c2c(-c3ccc4oc5ccccc5c4c3)c3c([2H])c([2H])c([2H])c([2H])c3c(-c3cccc(-c4ccc5c(c4)C(C)(C)c4ccccc4-5)c3)c2c1[2H]. The van der Waals surface area contributed by atoms with Crippen LogP contribution in [0.4, 0.5) is 0 Å². The van der Waals surface area contributed by atoms with Gasteiger partial charge in [-0.3, -0.25) is 0 Å². The van der Waals surface area contributed by atoms with Crippen molar-refractivity contribution in [3.8, 4) is 122 Å². The molecule has 3 aromatic heterocycles. The fraction of sp³-hybridized carbons (Fsp3) is 0.0667. The highest BCUT2D eigenvalue weighted by Crippen LogP contribution is 2.57. The highest BCUT2D eigenvalue weighted by molar-refractivity contribution is 6.26. The van der Waals surface area contributed by atoms with Crippen molar-refractivity contribution in [2.45, 2.75) is 57.8 Å². The van der Waals surface area contributed by atoms with Crippen molar-refractivity contribution in [1.29, 1.82) is 0 Å². The van der Waals surface area contributed by atoms with Crippen molar-refractivity contribution in [2.24, 2.45) is 0 Å². The third kappa shape index (κ3) is 12.4. The normalized spacial score (nSPS) is 15.9. The molecule has 0 spiro atoms. The van der Waals surface area contributed by atoms with Gasteiger partial charge in [-0.05, 0) is 299 Å². The van der Waals surface area contributed by atoms with Crippen LogP contribution in [0.5, 0.6) is 0 Å². The van der Waals surface area contributed by atoms with E-state index >= 15 is 0 Å². The molecule has 3 heteroatoms. The number of para-hydroxylation sites is 3. The Morgan fingerprint density at radius 3 is 0.688 bits per heavy atom. The first-order valence-electron chi connectivity index (χ1n) is 58.3. The molecule has 0 saturated heterocycles. The van der Waals surface area contributed by atoms with Crippen molar-refractivity contribution in [3.05, 3.63) is 482 Å². The molecule has 0 aliphatic heterocycles. The summed E-state index contributed by atoms with van der Waals surface area (Å²) in [6.45, 7) is 13.2. The van der Waals surface area contributed by atoms with E-state index in [1.54, 1.807) is 36.4 Å². The quantitative estimate of drug-likeness (QED) is 0.142. The summed E-state index contributed by atoms with van der Waals surface area (Å²) in [4.78, 5) is 0. The molecule has 26 aromatic rings. The van der Waals surface area contributed by atoms with Crippen molar-refractivity contribution < 1.29 is 46.1 Å². The van der Waals surface area contributed by atoms with Gasteiger partial charge in [0.05, 0.1) is 32.9 Å². The zero-order valence-electron chi connectivity index (χ0n) is 99.6. The second-order valence-corrected chi connectivity index (χ2v) is 37.6. The van der Waals surface area contributed by atoms with Crippen LogP contribution in [0, 0.1) is 0 Å². The summed E-state index contributed by atoms with van der Waals surface area (Å²) in [5.41, 5.74) is 26.5. The smallest absolute Gasteiger partial charge is 0.135 e. The zero-order valence-corrected chi connectivity index (χ0v) is 75.6. The van der Waals surface area contributed by atoms with Crippen LogP contribution in [0.1, 0.15) is 108 Å². The molecule has 3 nitrogen and oxygen atoms in total. The molecular formula is C135H92O3. The standard InChI is InChI=1S/2C47H32O.C41H28O/c1-47(2)41-20-9-7-14-33(41)34-24-22-30(28-42(34)47)29-12-11-13-31(26-29)45-36-16-3-5-18-38(36)46(39-19-6-4-17-37(39)45)32-23-25-44-40(27-32)35-15-8-10-21-43(35)48-44;1-47(2)41-17-9-7-11-33(41)34-25-23-31(28-42(34)47)29-19-21-30(22-20-29)45-36-13-3-5-15-38(36)46(39-16-6-4-14-37(39)45)32-24-26-44-40(27-32)35-12-8-10-18-43(35)48-44;1-41(2)35-17-9-7-11-27(35)28-21-19-26(24-36(28)41)40-32-15-5-3-13-30(32)39(31-14-4-6-16-33(31)40)25-20-22-38-34(23-25)29-12-8-10-18-37(29)42-38/h2*3-28H,1-2H3;3-24H,1-2H3/i3D,4D,5D,6D,16D,17D,18D,19D;2*3D,4D,5D,6D,13D,14D,15D,16D. The highest BCUT2D eigenvalue weighted by atomic mass is 16.3. The average Bonchev–Trinajstić information content (AvgIpc) is 1.15. The Labute approximate surface area is 834 Å². The van der Waals surface area contributed by atoms with Crippen LogP contribution in [0.15, 0.2) is 462 Å². The first-order valence-corrected chi connectivity index (χ1v) is 46.3. The molecule has 0 unspecified atom stereocenters. The number of hydrogen-bond donors (Lipinski definition) is 0. The van der Waals surface area contributed by atoms with Crippen LogP contribution in [0.25, 0.3) is 253 Å². The van der Waals surface area contributed by atoms with Gasteiger partial charge in [0.1, 0.15) is 33.5 Å². The maximum atomic E-state index is 9.40. The minimum atomic E-state index is -0.430. The number of furan rings is 3. The van der Waals surface area contributed by atoms with Crippen LogP contribution >= 0.6 is 0 Å². The maximum absolute atomic E-state index is 9.40. The third-order valence-electron chi connectivity index (χ3n) is 29.2. The molecule has 3 heterocycles. The molecule has 650 valence electrons. The van der Waals surface area contributed by atoms with E-state index in [-0.39, 0.29) is 153 Å². The van der Waals surface area contributed by atoms with E-state index in [4.69, 9.17) is 29.7 Å². The lowest BCUT2D eigenvalue weighted by Crippen LogP contribution is -2.14. The summed E-state index contributed by atoms with van der Waals surface area (Å²) in [5.74, 6) is 0. The average molecular weight is 1790 g/mol. The van der Waals surface area contributed by atoms with Crippen molar-refractivity contribution in [1.82, 2.24) is 0 Å². The van der Waals surface area contributed by atoms with Gasteiger partial charge < -0.3 is 13.3 Å². The van der Waals surface area contributed by atoms with E-state index in [0.29, 0.717) is 100 Å². The van der Waals surface area contributed by atoms with E-state index < -0.39 is 72.5 Å². The van der Waals surface area contributed by atoms with Gasteiger partial charge in [0.2, 0.25) is 0 Å². The van der Waals surface area contributed by atoms with Crippen LogP contribution < -0.4 is 0 Å². The predicted molar refractivity (Wildman–Crippen MR) is 582 cm³/mol. The van der Waals surface area contributed by atoms with Gasteiger partial charge in [-0.2, -0.15) is 0 Å². The van der Waals surface area contributed by atoms with Crippen molar-refractivity contribution in [2.75, 3.05) is 0 Å². The highest BCUT2D eigenvalue weighted by Gasteiger charge is 2.39. The van der Waals surface area contributed by atoms with Gasteiger partial charge in [0.15, 0.2) is 0 Å². The monoisotopic (exact) mass is 1780 g/mol. The Hall–Kier alpha value is -17.0. The summed E-state index contributed by atoms with van der Waals surface area (Å²) in [5, 5.41) is 7.16. The Morgan fingerprint density at radius 2 is 0.362 bits per heavy atom. The van der Waals surface area contributed by atoms with E-state index in [2.05, 4.69) is 139 Å². The van der Waals surface area contributed by atoms with E-state index in [1.807, 2.05) is 170 Å². The lowest BCUT2D eigenvalue weighted by molar-refractivity contribution is 0.660. The van der Waals surface area contributed by atoms with Gasteiger partial charge in [0.25, 0.3) is 0 Å². The number of rotatable bonds is 8. The third-order valence-corrected chi connectivity index (χ3v) is 29.2. The lowest BCUT2D eigenvalue weighted by Gasteiger charge is -2.23. The molecule has 0 atom stereocenters. The number of hydrogen-bond acceptors (Lipinski definition) is 3. The molecule has 0 radical (unpaired) electrons. The summed E-state index contributed by atoms with van der Waals surface area (Å²) < 4.78 is 236. The molecule has 23 aromatic carbocycles. The van der Waals surface area contributed by atoms with Crippen molar-refractivity contribution in [3.63, 3.8) is 0 Å². The van der Waals surface area contributed by atoms with Gasteiger partial charge in [-0.1, -0.05) is 411 Å². The summed E-state index contributed by atoms with van der Waals surface area (Å²) in [7, 11) is 0. The Kier molecular flexibility index (Phi) is 13.4. The summed E-state index contributed by atoms with van der Waals surface area (Å²) in [6, 6.07) is 90.1. The number of fused-ring (bicyclic) bond motifs is 24. The second-order valence-electron chi connectivity index (χ2n) is 37.6. The first kappa shape index (κ1) is 59.6. The van der Waals surface area contributed by atoms with E-state index in [0.717, 1.165) is 71.3 Å². The molecule has 0 N–H and O–H groups in total. The topological polar surface area (TPSA) is 39.4 Å². The molecule has 3 aliphatic carbocycles. The van der Waals surface area contributed by atoms with Crippen LogP contribution in [-0.4, -0.2) is 0 Å². The Balaban J connectivity index is 0.000000117. The van der Waals surface area contributed by atoms with Crippen LogP contribution in [0.2, 0.25) is 0 Å². The molecule has 0 fully saturated rings. The van der Waals surface area contributed by atoms with Gasteiger partial charge in [-0.15, -0.1) is 0 Å². The largest absolute Gasteiger partial charge is 0.456 e. The molecular weight excluding hydrogens is 1670 g/mol.